The molecular weight excluding hydrogens is 208 g/mol. The van der Waals surface area contributed by atoms with E-state index in [1.165, 1.54) is 50.0 Å². The molecule has 0 aromatic heterocycles. The van der Waals surface area contributed by atoms with E-state index in [0.717, 1.165) is 6.04 Å². The maximum atomic E-state index is 3.66. The molecule has 17 heavy (non-hydrogen) atoms. The molecule has 1 heterocycles. The van der Waals surface area contributed by atoms with E-state index in [-0.39, 0.29) is 0 Å². The van der Waals surface area contributed by atoms with Crippen LogP contribution in [-0.2, 0) is 6.42 Å². The van der Waals surface area contributed by atoms with E-state index in [9.17, 15) is 0 Å². The molecule has 1 aromatic carbocycles. The zero-order valence-electron chi connectivity index (χ0n) is 10.7. The number of hydrogen-bond donors (Lipinski definition) is 1. The average Bonchev–Trinajstić information content (AvgIpc) is 3.09. The molecule has 1 saturated carbocycles. The first-order valence-electron chi connectivity index (χ1n) is 6.95. The molecular formula is C15H22N2. The van der Waals surface area contributed by atoms with Gasteiger partial charge in [-0.2, -0.15) is 0 Å². The van der Waals surface area contributed by atoms with Gasteiger partial charge in [-0.1, -0.05) is 25.1 Å². The molecule has 1 N–H and O–H groups in total. The van der Waals surface area contributed by atoms with E-state index in [2.05, 4.69) is 41.4 Å². The summed E-state index contributed by atoms with van der Waals surface area (Å²) >= 11 is 0. The highest BCUT2D eigenvalue weighted by molar-refractivity contribution is 5.56. The van der Waals surface area contributed by atoms with Crippen LogP contribution in [0.15, 0.2) is 24.3 Å². The minimum Gasteiger partial charge on any atom is -0.380 e. The van der Waals surface area contributed by atoms with Crippen molar-refractivity contribution >= 4 is 5.69 Å². The van der Waals surface area contributed by atoms with E-state index in [0.29, 0.717) is 6.04 Å². The maximum absolute atomic E-state index is 3.66. The summed E-state index contributed by atoms with van der Waals surface area (Å²) in [7, 11) is 0. The molecule has 3 rings (SSSR count). The van der Waals surface area contributed by atoms with Gasteiger partial charge in [0.1, 0.15) is 0 Å². The van der Waals surface area contributed by atoms with Gasteiger partial charge in [0.25, 0.3) is 0 Å². The van der Waals surface area contributed by atoms with Gasteiger partial charge in [0, 0.05) is 24.3 Å². The second kappa shape index (κ2) is 4.69. The van der Waals surface area contributed by atoms with Gasteiger partial charge in [-0.25, -0.2) is 0 Å². The summed E-state index contributed by atoms with van der Waals surface area (Å²) in [6.07, 6.45) is 5.30. The molecule has 0 radical (unpaired) electrons. The van der Waals surface area contributed by atoms with Gasteiger partial charge in [0.2, 0.25) is 0 Å². The zero-order valence-corrected chi connectivity index (χ0v) is 10.7. The number of para-hydroxylation sites is 1. The van der Waals surface area contributed by atoms with Crippen molar-refractivity contribution in [2.24, 2.45) is 0 Å². The fraction of sp³-hybridized carbons (Fsp3) is 0.600. The predicted molar refractivity (Wildman–Crippen MR) is 72.4 cm³/mol. The monoisotopic (exact) mass is 230 g/mol. The molecule has 0 spiro atoms. The van der Waals surface area contributed by atoms with Crippen LogP contribution < -0.4 is 5.32 Å². The number of benzene rings is 1. The van der Waals surface area contributed by atoms with Gasteiger partial charge < -0.3 is 5.32 Å². The van der Waals surface area contributed by atoms with Crippen molar-refractivity contribution in [3.05, 3.63) is 29.8 Å². The SMILES string of the molecule is CCCN(C[C@@H]1Cc2ccccc2N1)C1CC1. The van der Waals surface area contributed by atoms with Gasteiger partial charge in [-0.3, -0.25) is 4.90 Å². The first-order chi connectivity index (χ1) is 8.36. The Balaban J connectivity index is 1.60. The molecule has 0 saturated heterocycles. The molecule has 2 nitrogen and oxygen atoms in total. The molecule has 1 aromatic rings. The Morgan fingerprint density at radius 2 is 2.12 bits per heavy atom. The van der Waals surface area contributed by atoms with Crippen molar-refractivity contribution in [1.29, 1.82) is 0 Å². The molecule has 1 aliphatic carbocycles. The molecule has 1 aliphatic heterocycles. The minimum absolute atomic E-state index is 0.625. The molecule has 1 atom stereocenters. The summed E-state index contributed by atoms with van der Waals surface area (Å²) in [5.74, 6) is 0. The summed E-state index contributed by atoms with van der Waals surface area (Å²) in [4.78, 5) is 2.68. The summed E-state index contributed by atoms with van der Waals surface area (Å²) in [5.41, 5.74) is 2.84. The maximum Gasteiger partial charge on any atom is 0.0429 e. The fourth-order valence-corrected chi connectivity index (χ4v) is 2.92. The first kappa shape index (κ1) is 11.1. The first-order valence-corrected chi connectivity index (χ1v) is 6.95. The van der Waals surface area contributed by atoms with Gasteiger partial charge >= 0.3 is 0 Å². The smallest absolute Gasteiger partial charge is 0.0429 e. The van der Waals surface area contributed by atoms with Crippen molar-refractivity contribution in [1.82, 2.24) is 4.90 Å². The number of fused-ring (bicyclic) bond motifs is 1. The number of hydrogen-bond acceptors (Lipinski definition) is 2. The van der Waals surface area contributed by atoms with Gasteiger partial charge in [-0.15, -0.1) is 0 Å². The Hall–Kier alpha value is -1.02. The van der Waals surface area contributed by atoms with Crippen molar-refractivity contribution < 1.29 is 0 Å². The normalized spacial score (nSPS) is 22.6. The summed E-state index contributed by atoms with van der Waals surface area (Å²) < 4.78 is 0. The van der Waals surface area contributed by atoms with Crippen LogP contribution in [0.3, 0.4) is 0 Å². The van der Waals surface area contributed by atoms with Crippen molar-refractivity contribution in [2.45, 2.75) is 44.7 Å². The molecule has 0 unspecified atom stereocenters. The highest BCUT2D eigenvalue weighted by Crippen LogP contribution is 2.30. The number of rotatable bonds is 5. The molecule has 0 bridgehead atoms. The third-order valence-corrected chi connectivity index (χ3v) is 3.87. The Morgan fingerprint density at radius 3 is 2.82 bits per heavy atom. The topological polar surface area (TPSA) is 15.3 Å². The lowest BCUT2D eigenvalue weighted by Gasteiger charge is -2.25. The van der Waals surface area contributed by atoms with Crippen LogP contribution in [0.4, 0.5) is 5.69 Å². The van der Waals surface area contributed by atoms with Gasteiger partial charge in [0.15, 0.2) is 0 Å². The Morgan fingerprint density at radius 1 is 1.29 bits per heavy atom. The van der Waals surface area contributed by atoms with Crippen LogP contribution in [0.2, 0.25) is 0 Å². The average molecular weight is 230 g/mol. The van der Waals surface area contributed by atoms with Crippen molar-refractivity contribution in [3.8, 4) is 0 Å². The quantitative estimate of drug-likeness (QED) is 0.836. The largest absolute Gasteiger partial charge is 0.380 e. The highest BCUT2D eigenvalue weighted by atomic mass is 15.2. The second-order valence-electron chi connectivity index (χ2n) is 5.43. The van der Waals surface area contributed by atoms with Crippen LogP contribution >= 0.6 is 0 Å². The van der Waals surface area contributed by atoms with Gasteiger partial charge in [-0.05, 0) is 43.9 Å². The lowest BCUT2D eigenvalue weighted by Crippen LogP contribution is -2.37. The third kappa shape index (κ3) is 2.47. The Bertz CT molecular complexity index is 359. The summed E-state index contributed by atoms with van der Waals surface area (Å²) in [6.45, 7) is 4.76. The minimum atomic E-state index is 0.625. The second-order valence-corrected chi connectivity index (χ2v) is 5.43. The predicted octanol–water partition coefficient (Wildman–Crippen LogP) is 2.90. The third-order valence-electron chi connectivity index (χ3n) is 3.87. The Kier molecular flexibility index (Phi) is 3.06. The van der Waals surface area contributed by atoms with E-state index >= 15 is 0 Å². The number of anilines is 1. The lowest BCUT2D eigenvalue weighted by atomic mass is 10.1. The Labute approximate surface area is 104 Å². The zero-order chi connectivity index (χ0) is 11.7. The van der Waals surface area contributed by atoms with E-state index in [1.807, 2.05) is 0 Å². The molecule has 2 heteroatoms. The standard InChI is InChI=1S/C15H22N2/c1-2-9-17(14-7-8-14)11-13-10-12-5-3-4-6-15(12)16-13/h3-6,13-14,16H,2,7-11H2,1H3/t13-/m0/s1. The number of nitrogens with zero attached hydrogens (tertiary/aromatic N) is 1. The number of nitrogens with one attached hydrogen (secondary N) is 1. The van der Waals surface area contributed by atoms with E-state index in [4.69, 9.17) is 0 Å². The van der Waals surface area contributed by atoms with Crippen LogP contribution in [0.25, 0.3) is 0 Å². The van der Waals surface area contributed by atoms with E-state index < -0.39 is 0 Å². The highest BCUT2D eigenvalue weighted by Gasteiger charge is 2.31. The summed E-state index contributed by atoms with van der Waals surface area (Å²) in [5, 5.41) is 3.66. The molecule has 2 aliphatic rings. The fourth-order valence-electron chi connectivity index (χ4n) is 2.92. The molecule has 0 amide bonds. The van der Waals surface area contributed by atoms with Crippen molar-refractivity contribution in [3.63, 3.8) is 0 Å². The van der Waals surface area contributed by atoms with Gasteiger partial charge in [0.05, 0.1) is 0 Å². The van der Waals surface area contributed by atoms with E-state index in [1.54, 1.807) is 0 Å². The van der Waals surface area contributed by atoms with Crippen LogP contribution in [-0.4, -0.2) is 30.1 Å². The van der Waals surface area contributed by atoms with Crippen LogP contribution in [0.1, 0.15) is 31.7 Å². The van der Waals surface area contributed by atoms with Crippen molar-refractivity contribution in [2.75, 3.05) is 18.4 Å². The van der Waals surface area contributed by atoms with Crippen LogP contribution in [0, 0.1) is 0 Å². The molecule has 92 valence electrons. The van der Waals surface area contributed by atoms with Crippen LogP contribution in [0.5, 0.6) is 0 Å². The lowest BCUT2D eigenvalue weighted by molar-refractivity contribution is 0.253. The summed E-state index contributed by atoms with van der Waals surface area (Å²) in [6, 6.07) is 10.2. The molecule has 1 fully saturated rings.